The van der Waals surface area contributed by atoms with Crippen molar-refractivity contribution in [1.82, 2.24) is 4.57 Å². The minimum Gasteiger partial charge on any atom is -0.461 e. The lowest BCUT2D eigenvalue weighted by Gasteiger charge is -2.06. The van der Waals surface area contributed by atoms with Gasteiger partial charge in [0.15, 0.2) is 0 Å². The van der Waals surface area contributed by atoms with Crippen LogP contribution in [0.5, 0.6) is 0 Å². The molecule has 1 heterocycles. The standard InChI is InChI=1S/C15H20N2O2/c1-4-19-15(18)14-9-12-8-11(7-10(2)16)5-6-13(12)17(14)3/h5-6,8-10H,4,7,16H2,1-3H3/t10-/m1/s1. The second-order valence-electron chi connectivity index (χ2n) is 4.88. The number of benzene rings is 1. The quantitative estimate of drug-likeness (QED) is 0.858. The fourth-order valence-corrected chi connectivity index (χ4v) is 2.30. The zero-order valence-electron chi connectivity index (χ0n) is 11.6. The summed E-state index contributed by atoms with van der Waals surface area (Å²) in [6, 6.07) is 8.17. The van der Waals surface area contributed by atoms with E-state index in [1.54, 1.807) is 6.92 Å². The third-order valence-electron chi connectivity index (χ3n) is 3.15. The lowest BCUT2D eigenvalue weighted by molar-refractivity contribution is 0.0516. The van der Waals surface area contributed by atoms with Crippen LogP contribution in [-0.2, 0) is 18.2 Å². The predicted octanol–water partition coefficient (Wildman–Crippen LogP) is 2.24. The lowest BCUT2D eigenvalue weighted by Crippen LogP contribution is -2.17. The summed E-state index contributed by atoms with van der Waals surface area (Å²) in [5.74, 6) is -0.282. The second kappa shape index (κ2) is 5.45. The Labute approximate surface area is 113 Å². The maximum absolute atomic E-state index is 11.8. The van der Waals surface area contributed by atoms with Crippen molar-refractivity contribution in [1.29, 1.82) is 0 Å². The van der Waals surface area contributed by atoms with Gasteiger partial charge in [-0.25, -0.2) is 4.79 Å². The molecule has 0 spiro atoms. The first-order valence-electron chi connectivity index (χ1n) is 6.54. The Morgan fingerprint density at radius 2 is 2.16 bits per heavy atom. The highest BCUT2D eigenvalue weighted by atomic mass is 16.5. The van der Waals surface area contributed by atoms with Gasteiger partial charge in [-0.05, 0) is 44.0 Å². The van der Waals surface area contributed by atoms with Crippen LogP contribution in [0.15, 0.2) is 24.3 Å². The van der Waals surface area contributed by atoms with E-state index in [2.05, 4.69) is 12.1 Å². The number of carbonyl (C=O) groups is 1. The van der Waals surface area contributed by atoms with Gasteiger partial charge in [-0.3, -0.25) is 0 Å². The zero-order valence-corrected chi connectivity index (χ0v) is 11.6. The van der Waals surface area contributed by atoms with Gasteiger partial charge in [0.1, 0.15) is 5.69 Å². The SMILES string of the molecule is CCOC(=O)c1cc2cc(C[C@@H](C)N)ccc2n1C. The van der Waals surface area contributed by atoms with Gasteiger partial charge in [0.05, 0.1) is 6.61 Å². The minimum absolute atomic E-state index is 0.130. The number of rotatable bonds is 4. The molecule has 0 aliphatic heterocycles. The van der Waals surface area contributed by atoms with E-state index in [4.69, 9.17) is 10.5 Å². The molecule has 0 fully saturated rings. The molecule has 0 aliphatic rings. The fraction of sp³-hybridized carbons (Fsp3) is 0.400. The molecule has 4 heteroatoms. The molecule has 0 bridgehead atoms. The van der Waals surface area contributed by atoms with Gasteiger partial charge in [0, 0.05) is 24.0 Å². The first-order valence-corrected chi connectivity index (χ1v) is 6.54. The lowest BCUT2D eigenvalue weighted by atomic mass is 10.1. The topological polar surface area (TPSA) is 57.2 Å². The number of ether oxygens (including phenoxy) is 1. The van der Waals surface area contributed by atoms with Gasteiger partial charge in [0.25, 0.3) is 0 Å². The van der Waals surface area contributed by atoms with E-state index in [9.17, 15) is 4.79 Å². The van der Waals surface area contributed by atoms with Gasteiger partial charge < -0.3 is 15.0 Å². The molecule has 2 aromatic rings. The van der Waals surface area contributed by atoms with E-state index in [0.717, 1.165) is 17.3 Å². The number of fused-ring (bicyclic) bond motifs is 1. The molecule has 19 heavy (non-hydrogen) atoms. The smallest absolute Gasteiger partial charge is 0.354 e. The molecule has 1 aromatic heterocycles. The van der Waals surface area contributed by atoms with Crippen molar-refractivity contribution in [2.24, 2.45) is 12.8 Å². The van der Waals surface area contributed by atoms with Crippen LogP contribution in [0.4, 0.5) is 0 Å². The monoisotopic (exact) mass is 260 g/mol. The van der Waals surface area contributed by atoms with Crippen LogP contribution in [0.2, 0.25) is 0 Å². The second-order valence-corrected chi connectivity index (χ2v) is 4.88. The molecule has 0 aliphatic carbocycles. The highest BCUT2D eigenvalue weighted by Crippen LogP contribution is 2.21. The maximum Gasteiger partial charge on any atom is 0.354 e. The van der Waals surface area contributed by atoms with Crippen LogP contribution in [0.1, 0.15) is 29.9 Å². The summed E-state index contributed by atoms with van der Waals surface area (Å²) in [6.45, 7) is 4.18. The average molecular weight is 260 g/mol. The highest BCUT2D eigenvalue weighted by Gasteiger charge is 2.14. The molecule has 1 aromatic carbocycles. The van der Waals surface area contributed by atoms with Crippen LogP contribution in [0.25, 0.3) is 10.9 Å². The Kier molecular flexibility index (Phi) is 3.90. The zero-order chi connectivity index (χ0) is 14.0. The number of esters is 1. The van der Waals surface area contributed by atoms with Crippen LogP contribution >= 0.6 is 0 Å². The average Bonchev–Trinajstić information content (AvgIpc) is 2.66. The van der Waals surface area contributed by atoms with Crippen molar-refractivity contribution in [2.45, 2.75) is 26.3 Å². The highest BCUT2D eigenvalue weighted by molar-refractivity contribution is 5.95. The van der Waals surface area contributed by atoms with E-state index in [0.29, 0.717) is 12.3 Å². The summed E-state index contributed by atoms with van der Waals surface area (Å²) in [4.78, 5) is 11.8. The van der Waals surface area contributed by atoms with Crippen molar-refractivity contribution in [3.8, 4) is 0 Å². The third kappa shape index (κ3) is 2.79. The summed E-state index contributed by atoms with van der Waals surface area (Å²) in [7, 11) is 1.87. The van der Waals surface area contributed by atoms with E-state index < -0.39 is 0 Å². The predicted molar refractivity (Wildman–Crippen MR) is 76.2 cm³/mol. The largest absolute Gasteiger partial charge is 0.461 e. The van der Waals surface area contributed by atoms with Gasteiger partial charge >= 0.3 is 5.97 Å². The Hall–Kier alpha value is -1.81. The number of nitrogens with zero attached hydrogens (tertiary/aromatic N) is 1. The fourth-order valence-electron chi connectivity index (χ4n) is 2.30. The third-order valence-corrected chi connectivity index (χ3v) is 3.15. The summed E-state index contributed by atoms with van der Waals surface area (Å²) in [6.07, 6.45) is 0.833. The number of aryl methyl sites for hydroxylation is 1. The number of aromatic nitrogens is 1. The van der Waals surface area contributed by atoms with E-state index >= 15 is 0 Å². The van der Waals surface area contributed by atoms with Gasteiger partial charge in [-0.15, -0.1) is 0 Å². The Morgan fingerprint density at radius 3 is 2.79 bits per heavy atom. The van der Waals surface area contributed by atoms with Crippen LogP contribution in [-0.4, -0.2) is 23.2 Å². The molecule has 1 atom stereocenters. The van der Waals surface area contributed by atoms with Gasteiger partial charge in [-0.1, -0.05) is 6.07 Å². The van der Waals surface area contributed by atoms with Gasteiger partial charge in [-0.2, -0.15) is 0 Å². The summed E-state index contributed by atoms with van der Waals surface area (Å²) < 4.78 is 6.92. The molecular weight excluding hydrogens is 240 g/mol. The van der Waals surface area contributed by atoms with E-state index in [-0.39, 0.29) is 12.0 Å². The number of hydrogen-bond acceptors (Lipinski definition) is 3. The van der Waals surface area contributed by atoms with Crippen molar-refractivity contribution in [3.05, 3.63) is 35.5 Å². The van der Waals surface area contributed by atoms with Crippen LogP contribution < -0.4 is 5.73 Å². The van der Waals surface area contributed by atoms with Gasteiger partial charge in [0.2, 0.25) is 0 Å². The van der Waals surface area contributed by atoms with Crippen molar-refractivity contribution in [3.63, 3.8) is 0 Å². The Bertz CT molecular complexity index is 599. The van der Waals surface area contributed by atoms with Crippen molar-refractivity contribution < 1.29 is 9.53 Å². The normalized spacial score (nSPS) is 12.6. The Morgan fingerprint density at radius 1 is 1.42 bits per heavy atom. The molecule has 0 saturated carbocycles. The molecule has 102 valence electrons. The number of hydrogen-bond donors (Lipinski definition) is 1. The molecule has 2 rings (SSSR count). The summed E-state index contributed by atoms with van der Waals surface area (Å²) >= 11 is 0. The molecule has 4 nitrogen and oxygen atoms in total. The molecule has 0 saturated heterocycles. The summed E-state index contributed by atoms with van der Waals surface area (Å²) in [5, 5.41) is 1.05. The molecular formula is C15H20N2O2. The van der Waals surface area contributed by atoms with Crippen LogP contribution in [0, 0.1) is 0 Å². The molecule has 0 radical (unpaired) electrons. The number of nitrogens with two attached hydrogens (primary N) is 1. The van der Waals surface area contributed by atoms with Crippen LogP contribution in [0.3, 0.4) is 0 Å². The Balaban J connectivity index is 2.42. The maximum atomic E-state index is 11.8. The first-order chi connectivity index (χ1) is 9.02. The molecule has 0 amide bonds. The van der Waals surface area contributed by atoms with E-state index in [1.807, 2.05) is 30.7 Å². The summed E-state index contributed by atoms with van der Waals surface area (Å²) in [5.41, 5.74) is 8.60. The van der Waals surface area contributed by atoms with Crippen molar-refractivity contribution in [2.75, 3.05) is 6.61 Å². The first kappa shape index (κ1) is 13.6. The van der Waals surface area contributed by atoms with Crippen molar-refractivity contribution >= 4 is 16.9 Å². The molecule has 2 N–H and O–H groups in total. The molecule has 0 unspecified atom stereocenters. The van der Waals surface area contributed by atoms with E-state index in [1.165, 1.54) is 5.56 Å². The number of carbonyl (C=O) groups excluding carboxylic acids is 1. The minimum atomic E-state index is -0.282.